The minimum atomic E-state index is -0.177. The molecule has 1 N–H and O–H groups in total. The molecule has 29 heavy (non-hydrogen) atoms. The maximum Gasteiger partial charge on any atom is 0.267 e. The zero-order chi connectivity index (χ0) is 20.2. The first-order valence-electron chi connectivity index (χ1n) is 9.16. The summed E-state index contributed by atoms with van der Waals surface area (Å²) in [4.78, 5) is 33.9. The third kappa shape index (κ3) is 4.95. The number of rotatable bonds is 5. The topological polar surface area (TPSA) is 65.5 Å². The van der Waals surface area contributed by atoms with Gasteiger partial charge >= 0.3 is 0 Å². The third-order valence-electron chi connectivity index (χ3n) is 4.66. The van der Waals surface area contributed by atoms with E-state index in [-0.39, 0.29) is 18.2 Å². The van der Waals surface area contributed by atoms with Crippen molar-refractivity contribution in [2.75, 3.05) is 36.4 Å². The number of thiophene rings is 1. The summed E-state index contributed by atoms with van der Waals surface area (Å²) in [5, 5.41) is 7.69. The van der Waals surface area contributed by atoms with Crippen molar-refractivity contribution in [3.05, 3.63) is 62.8 Å². The fourth-order valence-corrected chi connectivity index (χ4v) is 4.67. The van der Waals surface area contributed by atoms with Crippen molar-refractivity contribution >= 4 is 56.9 Å². The van der Waals surface area contributed by atoms with Crippen molar-refractivity contribution in [3.63, 3.8) is 0 Å². The van der Waals surface area contributed by atoms with Crippen LogP contribution in [-0.2, 0) is 11.2 Å². The van der Waals surface area contributed by atoms with E-state index in [2.05, 4.69) is 15.2 Å². The van der Waals surface area contributed by atoms with Crippen LogP contribution in [0.5, 0.6) is 0 Å². The van der Waals surface area contributed by atoms with Gasteiger partial charge in [-0.25, -0.2) is 4.98 Å². The van der Waals surface area contributed by atoms with Crippen LogP contribution < -0.4 is 10.2 Å². The van der Waals surface area contributed by atoms with Crippen LogP contribution in [0, 0.1) is 0 Å². The van der Waals surface area contributed by atoms with Gasteiger partial charge in [-0.3, -0.25) is 14.9 Å². The van der Waals surface area contributed by atoms with Gasteiger partial charge in [0.2, 0.25) is 5.91 Å². The highest BCUT2D eigenvalue weighted by Gasteiger charge is 2.22. The van der Waals surface area contributed by atoms with E-state index in [1.165, 1.54) is 22.7 Å². The van der Waals surface area contributed by atoms with Crippen LogP contribution >= 0.6 is 34.3 Å². The lowest BCUT2D eigenvalue weighted by atomic mass is 10.2. The smallest absolute Gasteiger partial charge is 0.267 e. The van der Waals surface area contributed by atoms with E-state index in [4.69, 9.17) is 11.6 Å². The minimum Gasteiger partial charge on any atom is -0.368 e. The summed E-state index contributed by atoms with van der Waals surface area (Å²) in [6, 6.07) is 11.4. The van der Waals surface area contributed by atoms with Crippen molar-refractivity contribution < 1.29 is 9.59 Å². The highest BCUT2D eigenvalue weighted by atomic mass is 35.5. The van der Waals surface area contributed by atoms with E-state index in [0.717, 1.165) is 18.8 Å². The predicted octanol–water partition coefficient (Wildman–Crippen LogP) is 4.00. The molecule has 2 amide bonds. The highest BCUT2D eigenvalue weighted by Crippen LogP contribution is 2.22. The quantitative estimate of drug-likeness (QED) is 0.643. The average molecular weight is 447 g/mol. The Morgan fingerprint density at radius 1 is 1.10 bits per heavy atom. The van der Waals surface area contributed by atoms with Crippen LogP contribution in [-0.4, -0.2) is 47.9 Å². The van der Waals surface area contributed by atoms with Gasteiger partial charge < -0.3 is 9.80 Å². The van der Waals surface area contributed by atoms with Crippen molar-refractivity contribution in [1.29, 1.82) is 0 Å². The summed E-state index contributed by atoms with van der Waals surface area (Å²) in [6.07, 6.45) is 0.239. The predicted molar refractivity (Wildman–Crippen MR) is 118 cm³/mol. The fourth-order valence-electron chi connectivity index (χ4n) is 3.17. The summed E-state index contributed by atoms with van der Waals surface area (Å²) in [5.41, 5.74) is 1.76. The normalized spacial score (nSPS) is 14.1. The van der Waals surface area contributed by atoms with Crippen molar-refractivity contribution in [1.82, 2.24) is 9.88 Å². The second-order valence-corrected chi connectivity index (χ2v) is 8.84. The van der Waals surface area contributed by atoms with Crippen molar-refractivity contribution in [2.45, 2.75) is 6.42 Å². The highest BCUT2D eigenvalue weighted by molar-refractivity contribution is 7.14. The largest absolute Gasteiger partial charge is 0.368 e. The molecule has 1 saturated heterocycles. The number of benzene rings is 1. The van der Waals surface area contributed by atoms with Crippen molar-refractivity contribution in [3.8, 4) is 0 Å². The number of halogens is 1. The number of piperazine rings is 1. The molecule has 2 aromatic heterocycles. The molecule has 3 aromatic rings. The molecule has 0 saturated carbocycles. The Bertz CT molecular complexity index is 998. The molecule has 1 aliphatic heterocycles. The number of amides is 2. The van der Waals surface area contributed by atoms with Gasteiger partial charge in [-0.1, -0.05) is 23.7 Å². The zero-order valence-corrected chi connectivity index (χ0v) is 17.9. The van der Waals surface area contributed by atoms with Gasteiger partial charge in [0, 0.05) is 42.3 Å². The van der Waals surface area contributed by atoms with Crippen LogP contribution in [0.4, 0.5) is 10.8 Å². The molecule has 1 aliphatic rings. The molecule has 0 spiro atoms. The first kappa shape index (κ1) is 19.9. The lowest BCUT2D eigenvalue weighted by molar-refractivity contribution is -0.130. The molecule has 0 unspecified atom stereocenters. The van der Waals surface area contributed by atoms with E-state index in [0.29, 0.717) is 33.8 Å². The second-order valence-electron chi connectivity index (χ2n) is 6.60. The van der Waals surface area contributed by atoms with Gasteiger partial charge in [0.1, 0.15) is 0 Å². The Balaban J connectivity index is 1.29. The van der Waals surface area contributed by atoms with Crippen LogP contribution in [0.15, 0.2) is 47.2 Å². The lowest BCUT2D eigenvalue weighted by Crippen LogP contribution is -2.49. The SMILES string of the molecule is O=C(Nc1nc(CC(=O)N2CCN(c3cccc(Cl)c3)CC2)cs1)c1cccs1. The Kier molecular flexibility index (Phi) is 6.13. The summed E-state index contributed by atoms with van der Waals surface area (Å²) >= 11 is 8.78. The minimum absolute atomic E-state index is 0.0529. The number of hydrogen-bond acceptors (Lipinski definition) is 6. The molecule has 9 heteroatoms. The van der Waals surface area contributed by atoms with Crippen LogP contribution in [0.2, 0.25) is 5.02 Å². The molecule has 150 valence electrons. The standard InChI is InChI=1S/C20H19ClN4O2S2/c21-14-3-1-4-16(11-14)24-6-8-25(9-7-24)18(26)12-15-13-29-20(22-15)23-19(27)17-5-2-10-28-17/h1-5,10-11,13H,6-9,12H2,(H,22,23,27). The summed E-state index contributed by atoms with van der Waals surface area (Å²) in [7, 11) is 0. The Morgan fingerprint density at radius 2 is 1.93 bits per heavy atom. The number of thiazole rings is 1. The van der Waals surface area contributed by atoms with Gasteiger partial charge in [-0.2, -0.15) is 0 Å². The van der Waals surface area contributed by atoms with Crippen LogP contribution in [0.3, 0.4) is 0 Å². The van der Waals surface area contributed by atoms with Gasteiger partial charge in [0.15, 0.2) is 5.13 Å². The van der Waals surface area contributed by atoms with Gasteiger partial charge in [0.25, 0.3) is 5.91 Å². The lowest BCUT2D eigenvalue weighted by Gasteiger charge is -2.36. The van der Waals surface area contributed by atoms with Crippen LogP contribution in [0.25, 0.3) is 0 Å². The van der Waals surface area contributed by atoms with Gasteiger partial charge in [-0.15, -0.1) is 22.7 Å². The van der Waals surface area contributed by atoms with E-state index in [9.17, 15) is 9.59 Å². The molecule has 0 atom stereocenters. The number of nitrogens with zero attached hydrogens (tertiary/aromatic N) is 3. The third-order valence-corrected chi connectivity index (χ3v) is 6.57. The second kappa shape index (κ2) is 8.94. The first-order chi connectivity index (χ1) is 14.1. The van der Waals surface area contributed by atoms with E-state index in [1.54, 1.807) is 6.07 Å². The molecule has 0 aliphatic carbocycles. The Morgan fingerprint density at radius 3 is 2.66 bits per heavy atom. The first-order valence-corrected chi connectivity index (χ1v) is 11.3. The number of carbonyl (C=O) groups is 2. The Labute approximate surface area is 181 Å². The molecule has 1 fully saturated rings. The number of nitrogens with one attached hydrogen (secondary N) is 1. The molecule has 0 radical (unpaired) electrons. The molecule has 4 rings (SSSR count). The molecular weight excluding hydrogens is 428 g/mol. The van der Waals surface area contributed by atoms with E-state index in [1.807, 2.05) is 46.0 Å². The zero-order valence-electron chi connectivity index (χ0n) is 15.5. The molecule has 1 aromatic carbocycles. The molecule has 0 bridgehead atoms. The number of hydrogen-bond donors (Lipinski definition) is 1. The average Bonchev–Trinajstić information content (AvgIpc) is 3.40. The van der Waals surface area contributed by atoms with E-state index < -0.39 is 0 Å². The molecule has 3 heterocycles. The molecule has 6 nitrogen and oxygen atoms in total. The van der Waals surface area contributed by atoms with Gasteiger partial charge in [0.05, 0.1) is 17.0 Å². The van der Waals surface area contributed by atoms with Gasteiger partial charge in [-0.05, 0) is 29.6 Å². The summed E-state index contributed by atoms with van der Waals surface area (Å²) in [5.74, 6) is -0.124. The number of carbonyl (C=O) groups excluding carboxylic acids is 2. The van der Waals surface area contributed by atoms with E-state index >= 15 is 0 Å². The number of aromatic nitrogens is 1. The summed E-state index contributed by atoms with van der Waals surface area (Å²) in [6.45, 7) is 2.87. The maximum absolute atomic E-state index is 12.6. The molecular formula is C20H19ClN4O2S2. The summed E-state index contributed by atoms with van der Waals surface area (Å²) < 4.78 is 0. The fraction of sp³-hybridized carbons (Fsp3) is 0.250. The number of anilines is 2. The van der Waals surface area contributed by atoms with Crippen LogP contribution in [0.1, 0.15) is 15.4 Å². The monoisotopic (exact) mass is 446 g/mol. The maximum atomic E-state index is 12.6. The van der Waals surface area contributed by atoms with Crippen molar-refractivity contribution in [2.24, 2.45) is 0 Å². The Hall–Kier alpha value is -2.42.